The molecule has 0 aliphatic rings. The number of benzene rings is 2. The minimum atomic E-state index is -1.07. The molecule has 0 aliphatic carbocycles. The molecule has 3 rings (SSSR count). The highest BCUT2D eigenvalue weighted by Gasteiger charge is 2.14. The molecule has 5 heteroatoms. The number of rotatable bonds is 6. The van der Waals surface area contributed by atoms with E-state index in [1.807, 2.05) is 37.3 Å². The molecule has 1 heterocycles. The Bertz CT molecular complexity index is 1080. The Hall–Kier alpha value is -3.34. The van der Waals surface area contributed by atoms with Crippen LogP contribution in [0.1, 0.15) is 40.6 Å². The average molecular weight is 364 g/mol. The van der Waals surface area contributed by atoms with Crippen LogP contribution in [0.2, 0.25) is 0 Å². The van der Waals surface area contributed by atoms with E-state index in [-0.39, 0.29) is 16.4 Å². The Morgan fingerprint density at radius 2 is 2.00 bits per heavy atom. The summed E-state index contributed by atoms with van der Waals surface area (Å²) >= 11 is 0. The normalized spacial score (nSPS) is 11.2. The van der Waals surface area contributed by atoms with Crippen LogP contribution in [-0.2, 0) is 6.42 Å². The molecule has 0 bridgehead atoms. The van der Waals surface area contributed by atoms with E-state index in [0.29, 0.717) is 23.3 Å². The summed E-state index contributed by atoms with van der Waals surface area (Å²) in [7, 11) is 1.61. The maximum atomic E-state index is 12.9. The third kappa shape index (κ3) is 3.92. The maximum absolute atomic E-state index is 12.9. The summed E-state index contributed by atoms with van der Waals surface area (Å²) in [4.78, 5) is 24.1. The highest BCUT2D eigenvalue weighted by atomic mass is 16.5. The van der Waals surface area contributed by atoms with Crippen LogP contribution in [0.15, 0.2) is 51.7 Å². The number of ether oxygens (including phenoxy) is 1. The average Bonchev–Trinajstić information content (AvgIpc) is 2.68. The van der Waals surface area contributed by atoms with Crippen LogP contribution in [0, 0.1) is 0 Å². The molecule has 138 valence electrons. The number of hydrogen-bond acceptors (Lipinski definition) is 4. The van der Waals surface area contributed by atoms with E-state index in [0.717, 1.165) is 17.7 Å². The predicted octanol–water partition coefficient (Wildman–Crippen LogP) is 4.62. The van der Waals surface area contributed by atoms with Gasteiger partial charge in [0.25, 0.3) is 0 Å². The molecule has 3 aromatic rings. The third-order valence-electron chi connectivity index (χ3n) is 4.28. The fourth-order valence-corrected chi connectivity index (χ4v) is 2.92. The smallest absolute Gasteiger partial charge is 0.335 e. The van der Waals surface area contributed by atoms with Crippen LogP contribution >= 0.6 is 0 Å². The first-order valence-electron chi connectivity index (χ1n) is 8.68. The molecule has 1 aromatic heterocycles. The van der Waals surface area contributed by atoms with Crippen LogP contribution in [0.25, 0.3) is 23.1 Å². The maximum Gasteiger partial charge on any atom is 0.335 e. The van der Waals surface area contributed by atoms with Crippen molar-refractivity contribution in [2.24, 2.45) is 0 Å². The standard InChI is InChI=1S/C22H20O5/c1-3-5-17-19(10-8-14-6-4-7-16(12-14)26-2)27-20-11-9-15(22(24)25)13-18(20)21(17)23/h4,6-13H,3,5H2,1-2H3,(H,24,25)/b10-8+. The Morgan fingerprint density at radius 1 is 1.19 bits per heavy atom. The predicted molar refractivity (Wildman–Crippen MR) is 105 cm³/mol. The van der Waals surface area contributed by atoms with Crippen molar-refractivity contribution >= 4 is 29.1 Å². The van der Waals surface area contributed by atoms with E-state index in [1.165, 1.54) is 18.2 Å². The molecule has 0 aliphatic heterocycles. The van der Waals surface area contributed by atoms with Gasteiger partial charge in [-0.1, -0.05) is 31.6 Å². The van der Waals surface area contributed by atoms with Crippen molar-refractivity contribution in [2.45, 2.75) is 19.8 Å². The molecule has 0 saturated heterocycles. The summed E-state index contributed by atoms with van der Waals surface area (Å²) < 4.78 is 11.1. The van der Waals surface area contributed by atoms with E-state index in [4.69, 9.17) is 14.3 Å². The van der Waals surface area contributed by atoms with Crippen LogP contribution in [0.3, 0.4) is 0 Å². The lowest BCUT2D eigenvalue weighted by molar-refractivity contribution is 0.0697. The van der Waals surface area contributed by atoms with Gasteiger partial charge in [0.1, 0.15) is 17.1 Å². The molecular weight excluding hydrogens is 344 g/mol. The number of carboxylic acid groups (broad SMARTS) is 1. The van der Waals surface area contributed by atoms with Gasteiger partial charge < -0.3 is 14.3 Å². The first kappa shape index (κ1) is 18.5. The molecule has 0 spiro atoms. The highest BCUT2D eigenvalue weighted by Crippen LogP contribution is 2.21. The molecule has 2 aromatic carbocycles. The van der Waals surface area contributed by atoms with Crippen molar-refractivity contribution in [3.63, 3.8) is 0 Å². The number of carboxylic acids is 1. The monoisotopic (exact) mass is 364 g/mol. The summed E-state index contributed by atoms with van der Waals surface area (Å²) in [6.07, 6.45) is 4.95. The second-order valence-electron chi connectivity index (χ2n) is 6.15. The highest BCUT2D eigenvalue weighted by molar-refractivity contribution is 5.93. The lowest BCUT2D eigenvalue weighted by atomic mass is 10.0. The zero-order chi connectivity index (χ0) is 19.4. The summed E-state index contributed by atoms with van der Waals surface area (Å²) in [6, 6.07) is 11.9. The van der Waals surface area contributed by atoms with Crippen molar-refractivity contribution in [2.75, 3.05) is 7.11 Å². The van der Waals surface area contributed by atoms with Crippen LogP contribution in [0.4, 0.5) is 0 Å². The van der Waals surface area contributed by atoms with Crippen molar-refractivity contribution in [1.82, 2.24) is 0 Å². The number of aromatic carboxylic acids is 1. The second-order valence-corrected chi connectivity index (χ2v) is 6.15. The Labute approximate surface area is 156 Å². The Balaban J connectivity index is 2.12. The van der Waals surface area contributed by atoms with Gasteiger partial charge in [-0.2, -0.15) is 0 Å². The van der Waals surface area contributed by atoms with Gasteiger partial charge in [0.05, 0.1) is 18.1 Å². The quantitative estimate of drug-likeness (QED) is 0.690. The number of carbonyl (C=O) groups is 1. The van der Waals surface area contributed by atoms with Crippen LogP contribution in [0.5, 0.6) is 5.75 Å². The zero-order valence-corrected chi connectivity index (χ0v) is 15.2. The van der Waals surface area contributed by atoms with Gasteiger partial charge in [-0.3, -0.25) is 4.79 Å². The van der Waals surface area contributed by atoms with Crippen LogP contribution < -0.4 is 10.2 Å². The fourth-order valence-electron chi connectivity index (χ4n) is 2.92. The number of fused-ring (bicyclic) bond motifs is 1. The van der Waals surface area contributed by atoms with Gasteiger partial charge in [0.15, 0.2) is 5.43 Å². The molecule has 5 nitrogen and oxygen atoms in total. The fraction of sp³-hybridized carbons (Fsp3) is 0.182. The summed E-state index contributed by atoms with van der Waals surface area (Å²) in [5, 5.41) is 9.45. The Kier molecular flexibility index (Phi) is 5.41. The third-order valence-corrected chi connectivity index (χ3v) is 4.28. The number of methoxy groups -OCH3 is 1. The number of hydrogen-bond donors (Lipinski definition) is 1. The van der Waals surface area contributed by atoms with E-state index in [9.17, 15) is 9.59 Å². The van der Waals surface area contributed by atoms with Gasteiger partial charge in [0.2, 0.25) is 0 Å². The molecule has 0 fully saturated rings. The van der Waals surface area contributed by atoms with Crippen molar-refractivity contribution in [3.05, 3.63) is 75.1 Å². The Morgan fingerprint density at radius 3 is 2.70 bits per heavy atom. The second kappa shape index (κ2) is 7.91. The summed E-state index contributed by atoms with van der Waals surface area (Å²) in [6.45, 7) is 1.98. The van der Waals surface area contributed by atoms with E-state index < -0.39 is 5.97 Å². The first-order valence-corrected chi connectivity index (χ1v) is 8.68. The minimum absolute atomic E-state index is 0.0666. The molecule has 0 saturated carbocycles. The molecule has 0 radical (unpaired) electrons. The first-order chi connectivity index (χ1) is 13.0. The van der Waals surface area contributed by atoms with Gasteiger partial charge in [-0.05, 0) is 48.4 Å². The van der Waals surface area contributed by atoms with Gasteiger partial charge >= 0.3 is 5.97 Å². The topological polar surface area (TPSA) is 76.7 Å². The molecule has 0 atom stereocenters. The molecule has 0 unspecified atom stereocenters. The molecular formula is C22H20O5. The largest absolute Gasteiger partial charge is 0.497 e. The summed E-state index contributed by atoms with van der Waals surface area (Å²) in [5.74, 6) is 0.155. The van der Waals surface area contributed by atoms with Crippen molar-refractivity contribution in [1.29, 1.82) is 0 Å². The zero-order valence-electron chi connectivity index (χ0n) is 15.2. The van der Waals surface area contributed by atoms with Gasteiger partial charge in [-0.15, -0.1) is 0 Å². The van der Waals surface area contributed by atoms with Crippen molar-refractivity contribution in [3.8, 4) is 5.75 Å². The van der Waals surface area contributed by atoms with Crippen molar-refractivity contribution < 1.29 is 19.1 Å². The molecule has 27 heavy (non-hydrogen) atoms. The van der Waals surface area contributed by atoms with E-state index in [1.54, 1.807) is 13.2 Å². The molecule has 0 amide bonds. The van der Waals surface area contributed by atoms with Gasteiger partial charge in [-0.25, -0.2) is 4.79 Å². The molecule has 1 N–H and O–H groups in total. The lowest BCUT2D eigenvalue weighted by Crippen LogP contribution is -2.12. The van der Waals surface area contributed by atoms with E-state index >= 15 is 0 Å². The lowest BCUT2D eigenvalue weighted by Gasteiger charge is -2.07. The SMILES string of the molecule is CCCc1c(/C=C/c2cccc(OC)c2)oc2ccc(C(=O)O)cc2c1=O. The van der Waals surface area contributed by atoms with E-state index in [2.05, 4.69) is 0 Å². The summed E-state index contributed by atoms with van der Waals surface area (Å²) in [5.41, 5.74) is 1.71. The van der Waals surface area contributed by atoms with Gasteiger partial charge in [0, 0.05) is 5.56 Å². The van der Waals surface area contributed by atoms with Crippen LogP contribution in [-0.4, -0.2) is 18.2 Å². The minimum Gasteiger partial charge on any atom is -0.497 e.